The lowest BCUT2D eigenvalue weighted by molar-refractivity contribution is -0.140. The molecule has 0 amide bonds. The molecule has 1 aliphatic heterocycles. The maximum atomic E-state index is 11.1. The number of imidazole rings is 1. The maximum absolute atomic E-state index is 11.1. The normalized spacial score (nSPS) is 18.9. The zero-order valence-corrected chi connectivity index (χ0v) is 9.11. The molecule has 2 aromatic rings. The number of fused-ring (bicyclic) bond motifs is 3. The smallest absolute Gasteiger partial charge is 0.326 e. The number of aromatic nitrogens is 2. The molecule has 82 valence electrons. The number of hydrogen-bond acceptors (Lipinski definition) is 2. The van der Waals surface area contributed by atoms with Crippen LogP contribution in [0.15, 0.2) is 18.2 Å². The molecule has 16 heavy (non-hydrogen) atoms. The molecule has 0 radical (unpaired) electrons. The fourth-order valence-electron chi connectivity index (χ4n) is 2.30. The summed E-state index contributed by atoms with van der Waals surface area (Å²) >= 11 is 6.10. The topological polar surface area (TPSA) is 55.1 Å². The van der Waals surface area contributed by atoms with Gasteiger partial charge in [0, 0.05) is 6.42 Å². The summed E-state index contributed by atoms with van der Waals surface area (Å²) < 4.78 is 1.75. The third kappa shape index (κ3) is 1.16. The molecule has 1 aromatic heterocycles. The minimum Gasteiger partial charge on any atom is -0.480 e. The van der Waals surface area contributed by atoms with Crippen molar-refractivity contribution in [3.05, 3.63) is 29.0 Å². The Morgan fingerprint density at radius 2 is 2.38 bits per heavy atom. The number of aryl methyl sites for hydroxylation is 1. The predicted octanol–water partition coefficient (Wildman–Crippen LogP) is 2.26. The maximum Gasteiger partial charge on any atom is 0.326 e. The molecular weight excluding hydrogens is 228 g/mol. The lowest BCUT2D eigenvalue weighted by Gasteiger charge is -2.09. The Hall–Kier alpha value is -1.55. The van der Waals surface area contributed by atoms with E-state index in [1.807, 2.05) is 12.1 Å². The summed E-state index contributed by atoms with van der Waals surface area (Å²) in [7, 11) is 0. The van der Waals surface area contributed by atoms with Crippen LogP contribution in [0.25, 0.3) is 11.0 Å². The number of aliphatic carboxylic acids is 1. The van der Waals surface area contributed by atoms with E-state index < -0.39 is 12.0 Å². The van der Waals surface area contributed by atoms with Gasteiger partial charge in [-0.05, 0) is 18.6 Å². The summed E-state index contributed by atoms with van der Waals surface area (Å²) in [5, 5.41) is 9.70. The standard InChI is InChI=1S/C11H9ClN2O2/c12-6-2-1-3-7-10(6)14-8(11(15)16)4-5-9(14)13-7/h1-3,8H,4-5H2,(H,15,16). The third-order valence-electron chi connectivity index (χ3n) is 2.97. The van der Waals surface area contributed by atoms with Gasteiger partial charge in [0.2, 0.25) is 0 Å². The zero-order chi connectivity index (χ0) is 11.3. The lowest BCUT2D eigenvalue weighted by atomic mass is 10.2. The van der Waals surface area contributed by atoms with E-state index in [1.54, 1.807) is 10.6 Å². The van der Waals surface area contributed by atoms with E-state index in [2.05, 4.69) is 4.98 Å². The number of hydrogen-bond donors (Lipinski definition) is 1. The molecule has 5 heteroatoms. The van der Waals surface area contributed by atoms with Crippen LogP contribution in [0, 0.1) is 0 Å². The Kier molecular flexibility index (Phi) is 1.94. The second-order valence-corrected chi connectivity index (χ2v) is 4.31. The van der Waals surface area contributed by atoms with Crippen molar-refractivity contribution in [2.24, 2.45) is 0 Å². The molecule has 0 aliphatic carbocycles. The summed E-state index contributed by atoms with van der Waals surface area (Å²) in [6, 6.07) is 4.91. The monoisotopic (exact) mass is 236 g/mol. The van der Waals surface area contributed by atoms with Crippen molar-refractivity contribution in [1.29, 1.82) is 0 Å². The van der Waals surface area contributed by atoms with Gasteiger partial charge < -0.3 is 9.67 Å². The van der Waals surface area contributed by atoms with Gasteiger partial charge in [-0.3, -0.25) is 0 Å². The number of carbonyl (C=O) groups is 1. The van der Waals surface area contributed by atoms with Crippen LogP contribution < -0.4 is 0 Å². The summed E-state index contributed by atoms with van der Waals surface area (Å²) in [5.74, 6) is -0.00605. The molecule has 1 N–H and O–H groups in total. The summed E-state index contributed by atoms with van der Waals surface area (Å²) in [6.07, 6.45) is 1.29. The number of nitrogens with zero attached hydrogens (tertiary/aromatic N) is 2. The molecule has 4 nitrogen and oxygen atoms in total. The molecule has 2 heterocycles. The molecule has 3 rings (SSSR count). The lowest BCUT2D eigenvalue weighted by Crippen LogP contribution is -2.14. The summed E-state index contributed by atoms with van der Waals surface area (Å²) in [4.78, 5) is 15.5. The average Bonchev–Trinajstić information content (AvgIpc) is 2.74. The second-order valence-electron chi connectivity index (χ2n) is 3.90. The highest BCUT2D eigenvalue weighted by Gasteiger charge is 2.31. The van der Waals surface area contributed by atoms with Crippen LogP contribution in [0.1, 0.15) is 18.3 Å². The first-order chi connectivity index (χ1) is 7.68. The van der Waals surface area contributed by atoms with E-state index in [0.717, 1.165) is 16.9 Å². The van der Waals surface area contributed by atoms with Gasteiger partial charge in [0.1, 0.15) is 11.9 Å². The van der Waals surface area contributed by atoms with Gasteiger partial charge in [-0.15, -0.1) is 0 Å². The van der Waals surface area contributed by atoms with Crippen molar-refractivity contribution in [2.75, 3.05) is 0 Å². The van der Waals surface area contributed by atoms with Gasteiger partial charge >= 0.3 is 5.97 Å². The minimum atomic E-state index is -0.821. The number of carboxylic acids is 1. The Balaban J connectivity index is 2.34. The van der Waals surface area contributed by atoms with E-state index in [9.17, 15) is 4.79 Å². The highest BCUT2D eigenvalue weighted by Crippen LogP contribution is 2.34. The SMILES string of the molecule is O=C(O)C1CCc2nc3cccc(Cl)c3n21. The average molecular weight is 237 g/mol. The zero-order valence-electron chi connectivity index (χ0n) is 8.35. The number of benzene rings is 1. The van der Waals surface area contributed by atoms with Gasteiger partial charge in [0.05, 0.1) is 16.1 Å². The number of carboxylic acid groups (broad SMARTS) is 1. The van der Waals surface area contributed by atoms with E-state index in [1.165, 1.54) is 0 Å². The molecule has 1 aromatic carbocycles. The highest BCUT2D eigenvalue weighted by atomic mass is 35.5. The number of para-hydroxylation sites is 1. The Labute approximate surface area is 96.5 Å². The van der Waals surface area contributed by atoms with Crippen molar-refractivity contribution in [3.63, 3.8) is 0 Å². The van der Waals surface area contributed by atoms with Crippen molar-refractivity contribution in [2.45, 2.75) is 18.9 Å². The molecule has 0 spiro atoms. The molecule has 0 saturated heterocycles. The third-order valence-corrected chi connectivity index (χ3v) is 3.28. The van der Waals surface area contributed by atoms with Crippen molar-refractivity contribution >= 4 is 28.6 Å². The second kappa shape index (κ2) is 3.22. The Bertz CT molecular complexity index is 591. The van der Waals surface area contributed by atoms with Crippen LogP contribution in [0.3, 0.4) is 0 Å². The van der Waals surface area contributed by atoms with Crippen LogP contribution in [0.4, 0.5) is 0 Å². The Morgan fingerprint density at radius 1 is 1.56 bits per heavy atom. The van der Waals surface area contributed by atoms with Crippen LogP contribution in [-0.4, -0.2) is 20.6 Å². The predicted molar refractivity (Wildman–Crippen MR) is 59.7 cm³/mol. The molecule has 1 unspecified atom stereocenters. The molecule has 0 saturated carbocycles. The quantitative estimate of drug-likeness (QED) is 0.826. The number of rotatable bonds is 1. The van der Waals surface area contributed by atoms with Crippen molar-refractivity contribution in [3.8, 4) is 0 Å². The van der Waals surface area contributed by atoms with E-state index in [-0.39, 0.29) is 0 Å². The first kappa shape index (κ1) is 9.66. The van der Waals surface area contributed by atoms with Crippen molar-refractivity contribution in [1.82, 2.24) is 9.55 Å². The van der Waals surface area contributed by atoms with Gasteiger partial charge in [0.25, 0.3) is 0 Å². The summed E-state index contributed by atoms with van der Waals surface area (Å²) in [6.45, 7) is 0. The fourth-order valence-corrected chi connectivity index (χ4v) is 2.56. The number of halogens is 1. The highest BCUT2D eigenvalue weighted by molar-refractivity contribution is 6.35. The molecule has 1 atom stereocenters. The van der Waals surface area contributed by atoms with Crippen LogP contribution >= 0.6 is 11.6 Å². The Morgan fingerprint density at radius 3 is 3.12 bits per heavy atom. The first-order valence-electron chi connectivity index (χ1n) is 5.06. The van der Waals surface area contributed by atoms with Gasteiger partial charge in [0.15, 0.2) is 0 Å². The largest absolute Gasteiger partial charge is 0.480 e. The summed E-state index contributed by atoms with van der Waals surface area (Å²) in [5.41, 5.74) is 1.51. The fraction of sp³-hybridized carbons (Fsp3) is 0.273. The van der Waals surface area contributed by atoms with Gasteiger partial charge in [-0.25, -0.2) is 9.78 Å². The molecule has 0 bridgehead atoms. The van der Waals surface area contributed by atoms with E-state index in [4.69, 9.17) is 16.7 Å². The van der Waals surface area contributed by atoms with E-state index in [0.29, 0.717) is 17.9 Å². The van der Waals surface area contributed by atoms with E-state index >= 15 is 0 Å². The van der Waals surface area contributed by atoms with Crippen molar-refractivity contribution < 1.29 is 9.90 Å². The van der Waals surface area contributed by atoms with Gasteiger partial charge in [-0.2, -0.15) is 0 Å². The molecule has 1 aliphatic rings. The van der Waals surface area contributed by atoms with Gasteiger partial charge in [-0.1, -0.05) is 17.7 Å². The van der Waals surface area contributed by atoms with Crippen LogP contribution in [-0.2, 0) is 11.2 Å². The van der Waals surface area contributed by atoms with Crippen LogP contribution in [0.2, 0.25) is 5.02 Å². The first-order valence-corrected chi connectivity index (χ1v) is 5.44. The molecule has 0 fully saturated rings. The molecular formula is C11H9ClN2O2. The minimum absolute atomic E-state index is 0.528. The van der Waals surface area contributed by atoms with Crippen LogP contribution in [0.5, 0.6) is 0 Å².